The van der Waals surface area contributed by atoms with E-state index in [0.29, 0.717) is 6.54 Å². The molecule has 0 saturated heterocycles. The molecule has 0 aliphatic heterocycles. The molecule has 0 aromatic carbocycles. The summed E-state index contributed by atoms with van der Waals surface area (Å²) in [4.78, 5) is 0. The molecule has 13 heavy (non-hydrogen) atoms. The van der Waals surface area contributed by atoms with Gasteiger partial charge in [0.15, 0.2) is 0 Å². The van der Waals surface area contributed by atoms with Crippen molar-refractivity contribution < 1.29 is 0 Å². The summed E-state index contributed by atoms with van der Waals surface area (Å²) in [6.45, 7) is 0.564. The van der Waals surface area contributed by atoms with Gasteiger partial charge >= 0.3 is 0 Å². The summed E-state index contributed by atoms with van der Waals surface area (Å²) in [5.74, 6) is 0. The van der Waals surface area contributed by atoms with Crippen LogP contribution in [-0.2, 0) is 6.54 Å². The summed E-state index contributed by atoms with van der Waals surface area (Å²) in [6.07, 6.45) is 3.68. The molecule has 0 aliphatic rings. The second-order valence-electron chi connectivity index (χ2n) is 2.56. The zero-order valence-corrected chi connectivity index (χ0v) is 9.18. The quantitative estimate of drug-likeness (QED) is 0.854. The molecule has 0 aliphatic carbocycles. The fourth-order valence-electron chi connectivity index (χ4n) is 1.12. The van der Waals surface area contributed by atoms with Gasteiger partial charge in [-0.25, -0.2) is 4.52 Å². The Kier molecular flexibility index (Phi) is 3.30. The average Bonchev–Trinajstić information content (AvgIpc) is 2.47. The van der Waals surface area contributed by atoms with Crippen LogP contribution < -0.4 is 5.73 Å². The molecule has 2 N–H and O–H groups in total. The fraction of sp³-hybridized carbons (Fsp3) is 0.125. The van der Waals surface area contributed by atoms with Crippen LogP contribution in [0.2, 0.25) is 0 Å². The normalized spacial score (nSPS) is 10.0. The third-order valence-electron chi connectivity index (χ3n) is 1.77. The van der Waals surface area contributed by atoms with Crippen molar-refractivity contribution in [3.05, 3.63) is 34.6 Å². The van der Waals surface area contributed by atoms with E-state index in [-0.39, 0.29) is 12.4 Å². The molecule has 0 amide bonds. The van der Waals surface area contributed by atoms with Gasteiger partial charge in [0.05, 0.1) is 16.2 Å². The van der Waals surface area contributed by atoms with Crippen molar-refractivity contribution in [2.75, 3.05) is 0 Å². The largest absolute Gasteiger partial charge is 0.326 e. The van der Waals surface area contributed by atoms with Gasteiger partial charge in [0.2, 0.25) is 0 Å². The molecule has 2 rings (SSSR count). The van der Waals surface area contributed by atoms with Gasteiger partial charge in [0, 0.05) is 12.7 Å². The molecular formula is C8H9BrClN3. The maximum Gasteiger partial charge on any atom is 0.0807 e. The maximum atomic E-state index is 5.51. The summed E-state index contributed by atoms with van der Waals surface area (Å²) in [5.41, 5.74) is 7.68. The summed E-state index contributed by atoms with van der Waals surface area (Å²) in [5, 5.41) is 4.12. The number of hydrogen-bond acceptors (Lipinski definition) is 2. The van der Waals surface area contributed by atoms with Crippen LogP contribution in [0.25, 0.3) is 5.52 Å². The Morgan fingerprint density at radius 1 is 1.54 bits per heavy atom. The SMILES string of the molecule is Cl.NCc1ccn2ncc(Br)c2c1. The van der Waals surface area contributed by atoms with Crippen LogP contribution >= 0.6 is 28.3 Å². The number of aromatic nitrogens is 2. The first kappa shape index (κ1) is 10.5. The standard InChI is InChI=1S/C8H8BrN3.ClH/c9-7-5-11-12-2-1-6(4-10)3-8(7)12;/h1-3,5H,4,10H2;1H. The highest BCUT2D eigenvalue weighted by atomic mass is 79.9. The molecule has 0 atom stereocenters. The third kappa shape index (κ3) is 1.85. The highest BCUT2D eigenvalue weighted by Gasteiger charge is 2.00. The Bertz CT molecular complexity index is 413. The van der Waals surface area contributed by atoms with Crippen LogP contribution in [0.1, 0.15) is 5.56 Å². The second-order valence-corrected chi connectivity index (χ2v) is 3.42. The van der Waals surface area contributed by atoms with Crippen molar-refractivity contribution in [3.8, 4) is 0 Å². The van der Waals surface area contributed by atoms with Gasteiger partial charge in [0.1, 0.15) is 0 Å². The lowest BCUT2D eigenvalue weighted by Crippen LogP contribution is -1.97. The molecule has 0 bridgehead atoms. The molecule has 0 fully saturated rings. The van der Waals surface area contributed by atoms with Crippen LogP contribution in [0.5, 0.6) is 0 Å². The number of rotatable bonds is 1. The van der Waals surface area contributed by atoms with E-state index >= 15 is 0 Å². The van der Waals surface area contributed by atoms with Crippen molar-refractivity contribution in [1.82, 2.24) is 9.61 Å². The Morgan fingerprint density at radius 2 is 2.31 bits per heavy atom. The zero-order valence-electron chi connectivity index (χ0n) is 6.77. The first-order valence-corrected chi connectivity index (χ1v) is 4.42. The van der Waals surface area contributed by atoms with E-state index in [2.05, 4.69) is 21.0 Å². The molecule has 2 aromatic heterocycles. The third-order valence-corrected chi connectivity index (χ3v) is 2.39. The van der Waals surface area contributed by atoms with E-state index < -0.39 is 0 Å². The fourth-order valence-corrected chi connectivity index (χ4v) is 1.51. The lowest BCUT2D eigenvalue weighted by Gasteiger charge is -1.97. The van der Waals surface area contributed by atoms with Crippen molar-refractivity contribution in [2.24, 2.45) is 5.73 Å². The van der Waals surface area contributed by atoms with Crippen LogP contribution in [0.4, 0.5) is 0 Å². The lowest BCUT2D eigenvalue weighted by molar-refractivity contribution is 0.947. The second kappa shape index (κ2) is 4.09. The number of pyridine rings is 1. The van der Waals surface area contributed by atoms with Gasteiger partial charge in [-0.05, 0) is 33.6 Å². The smallest absolute Gasteiger partial charge is 0.0807 e. The minimum absolute atomic E-state index is 0. The van der Waals surface area contributed by atoms with Gasteiger partial charge in [-0.3, -0.25) is 0 Å². The minimum Gasteiger partial charge on any atom is -0.326 e. The Hall–Kier alpha value is -0.580. The van der Waals surface area contributed by atoms with Crippen LogP contribution in [0, 0.1) is 0 Å². The summed E-state index contributed by atoms with van der Waals surface area (Å²) in [6, 6.07) is 3.99. The number of fused-ring (bicyclic) bond motifs is 1. The molecule has 0 saturated carbocycles. The van der Waals surface area contributed by atoms with Crippen molar-refractivity contribution in [3.63, 3.8) is 0 Å². The molecular weight excluding hydrogens is 253 g/mol. The zero-order chi connectivity index (χ0) is 8.55. The number of hydrogen-bond donors (Lipinski definition) is 1. The van der Waals surface area contributed by atoms with Gasteiger partial charge in [-0.2, -0.15) is 5.10 Å². The van der Waals surface area contributed by atoms with E-state index in [4.69, 9.17) is 5.73 Å². The van der Waals surface area contributed by atoms with E-state index in [1.807, 2.05) is 22.8 Å². The van der Waals surface area contributed by atoms with Crippen LogP contribution in [0.15, 0.2) is 29.0 Å². The first-order valence-electron chi connectivity index (χ1n) is 3.63. The summed E-state index contributed by atoms with van der Waals surface area (Å²) >= 11 is 3.41. The van der Waals surface area contributed by atoms with Gasteiger partial charge in [0.25, 0.3) is 0 Å². The van der Waals surface area contributed by atoms with Crippen LogP contribution in [0.3, 0.4) is 0 Å². The molecule has 0 spiro atoms. The molecule has 5 heteroatoms. The summed E-state index contributed by atoms with van der Waals surface area (Å²) in [7, 11) is 0. The van der Waals surface area contributed by atoms with E-state index in [1.165, 1.54) is 0 Å². The number of halogens is 2. The molecule has 70 valence electrons. The Balaban J connectivity index is 0.000000845. The van der Waals surface area contributed by atoms with Gasteiger partial charge in [-0.1, -0.05) is 0 Å². The Labute approximate surface area is 90.5 Å². The van der Waals surface area contributed by atoms with E-state index in [1.54, 1.807) is 6.20 Å². The molecule has 0 radical (unpaired) electrons. The first-order chi connectivity index (χ1) is 5.81. The van der Waals surface area contributed by atoms with Crippen LogP contribution in [-0.4, -0.2) is 9.61 Å². The monoisotopic (exact) mass is 261 g/mol. The topological polar surface area (TPSA) is 43.3 Å². The highest BCUT2D eigenvalue weighted by Crippen LogP contribution is 2.17. The van der Waals surface area contributed by atoms with Crippen molar-refractivity contribution in [1.29, 1.82) is 0 Å². The number of nitrogens with zero attached hydrogens (tertiary/aromatic N) is 2. The van der Waals surface area contributed by atoms with Crippen molar-refractivity contribution >= 4 is 33.9 Å². The maximum absolute atomic E-state index is 5.51. The predicted molar refractivity (Wildman–Crippen MR) is 58.0 cm³/mol. The van der Waals surface area contributed by atoms with E-state index in [0.717, 1.165) is 15.6 Å². The van der Waals surface area contributed by atoms with E-state index in [9.17, 15) is 0 Å². The summed E-state index contributed by atoms with van der Waals surface area (Å²) < 4.78 is 2.81. The number of nitrogens with two attached hydrogens (primary N) is 1. The molecule has 0 unspecified atom stereocenters. The van der Waals surface area contributed by atoms with Gasteiger partial charge in [-0.15, -0.1) is 12.4 Å². The lowest BCUT2D eigenvalue weighted by atomic mass is 10.2. The highest BCUT2D eigenvalue weighted by molar-refractivity contribution is 9.10. The van der Waals surface area contributed by atoms with Gasteiger partial charge < -0.3 is 5.73 Å². The molecule has 2 heterocycles. The molecule has 3 nitrogen and oxygen atoms in total. The minimum atomic E-state index is 0. The Morgan fingerprint density at radius 3 is 3.00 bits per heavy atom. The average molecular weight is 263 g/mol. The molecule has 2 aromatic rings. The predicted octanol–water partition coefficient (Wildman–Crippen LogP) is 1.98. The van der Waals surface area contributed by atoms with Crippen molar-refractivity contribution in [2.45, 2.75) is 6.54 Å².